The number of rotatable bonds is 7. The second kappa shape index (κ2) is 7.75. The van der Waals surface area contributed by atoms with Crippen LogP contribution in [0.2, 0.25) is 0 Å². The molecule has 1 saturated heterocycles. The molecule has 29 heavy (non-hydrogen) atoms. The van der Waals surface area contributed by atoms with E-state index >= 15 is 0 Å². The first kappa shape index (κ1) is 19.1. The zero-order valence-corrected chi connectivity index (χ0v) is 17.9. The van der Waals surface area contributed by atoms with Gasteiger partial charge in [0.2, 0.25) is 5.95 Å². The molecule has 9 heteroatoms. The van der Waals surface area contributed by atoms with Gasteiger partial charge in [-0.15, -0.1) is 5.10 Å². The lowest BCUT2D eigenvalue weighted by molar-refractivity contribution is 0.0807. The minimum Gasteiger partial charge on any atom is -0.460 e. The highest BCUT2D eigenvalue weighted by Crippen LogP contribution is 2.45. The van der Waals surface area contributed by atoms with Crippen LogP contribution >= 0.6 is 11.9 Å². The van der Waals surface area contributed by atoms with E-state index < -0.39 is 0 Å². The van der Waals surface area contributed by atoms with Crippen LogP contribution in [0.15, 0.2) is 18.7 Å². The first-order valence-electron chi connectivity index (χ1n) is 10.6. The molecule has 3 heterocycles. The summed E-state index contributed by atoms with van der Waals surface area (Å²) >= 11 is 1.83. The molecule has 2 aromatic heterocycles. The Labute approximate surface area is 176 Å². The van der Waals surface area contributed by atoms with Crippen molar-refractivity contribution in [1.82, 2.24) is 29.0 Å². The van der Waals surface area contributed by atoms with E-state index in [-0.39, 0.29) is 11.6 Å². The number of aromatic nitrogens is 5. The molecule has 3 fully saturated rings. The summed E-state index contributed by atoms with van der Waals surface area (Å²) in [7, 11) is 0. The summed E-state index contributed by atoms with van der Waals surface area (Å²) in [6, 6.07) is 1.13. The molecule has 3 aliphatic rings. The topological polar surface area (TPSA) is 81.0 Å². The minimum absolute atomic E-state index is 0.157. The monoisotopic (exact) mass is 415 g/mol. The largest absolute Gasteiger partial charge is 0.460 e. The van der Waals surface area contributed by atoms with Gasteiger partial charge in [0.05, 0.1) is 0 Å². The average molecular weight is 416 g/mol. The molecule has 2 saturated carbocycles. The van der Waals surface area contributed by atoms with Crippen LogP contribution in [0.3, 0.4) is 0 Å². The molecule has 0 spiro atoms. The summed E-state index contributed by atoms with van der Waals surface area (Å²) in [5.74, 6) is 1.21. The second-order valence-corrected chi connectivity index (χ2v) is 9.64. The maximum absolute atomic E-state index is 6.11. The van der Waals surface area contributed by atoms with Crippen LogP contribution in [0, 0.1) is 0 Å². The molecule has 2 aromatic rings. The van der Waals surface area contributed by atoms with E-state index in [9.17, 15) is 0 Å². The first-order chi connectivity index (χ1) is 14.1. The van der Waals surface area contributed by atoms with Gasteiger partial charge in [0.25, 0.3) is 0 Å². The van der Waals surface area contributed by atoms with Crippen LogP contribution in [0.4, 0.5) is 5.95 Å². The smallest absolute Gasteiger partial charge is 0.317 e. The Bertz CT molecular complexity index is 824. The van der Waals surface area contributed by atoms with Gasteiger partial charge in [0.15, 0.2) is 0 Å². The molecule has 0 atom stereocenters. The van der Waals surface area contributed by atoms with Crippen molar-refractivity contribution in [2.45, 2.75) is 69.1 Å². The molecular formula is C20H29N7OS. The van der Waals surface area contributed by atoms with Crippen LogP contribution in [-0.4, -0.2) is 60.5 Å². The van der Waals surface area contributed by atoms with Crippen molar-refractivity contribution in [3.05, 3.63) is 24.3 Å². The number of nitrogens with zero attached hydrogens (tertiary/aromatic N) is 6. The third-order valence-corrected chi connectivity index (χ3v) is 7.51. The predicted molar refractivity (Wildman–Crippen MR) is 113 cm³/mol. The van der Waals surface area contributed by atoms with Crippen molar-refractivity contribution in [1.29, 1.82) is 0 Å². The fourth-order valence-electron chi connectivity index (χ4n) is 4.17. The second-order valence-electron chi connectivity index (χ2n) is 8.76. The number of nitrogens with one attached hydrogen (secondary N) is 1. The zero-order chi connectivity index (χ0) is 19.8. The van der Waals surface area contributed by atoms with Crippen LogP contribution in [0.1, 0.15) is 56.9 Å². The summed E-state index contributed by atoms with van der Waals surface area (Å²) < 4.78 is 10.6. The number of hydrogen-bond donors (Lipinski definition) is 1. The molecule has 0 aromatic carbocycles. The van der Waals surface area contributed by atoms with E-state index in [1.807, 2.05) is 24.3 Å². The van der Waals surface area contributed by atoms with Gasteiger partial charge in [0, 0.05) is 37.1 Å². The Morgan fingerprint density at radius 3 is 2.55 bits per heavy atom. The average Bonchev–Trinajstić information content (AvgIpc) is 3.28. The maximum Gasteiger partial charge on any atom is 0.317 e. The first-order valence-corrected chi connectivity index (χ1v) is 11.8. The van der Waals surface area contributed by atoms with Crippen molar-refractivity contribution in [2.75, 3.05) is 24.7 Å². The molecule has 0 unspecified atom stereocenters. The van der Waals surface area contributed by atoms with Crippen LogP contribution in [0.25, 0.3) is 0 Å². The van der Waals surface area contributed by atoms with Gasteiger partial charge in [-0.25, -0.2) is 9.97 Å². The van der Waals surface area contributed by atoms with E-state index in [1.165, 1.54) is 18.4 Å². The quantitative estimate of drug-likeness (QED) is 0.691. The zero-order valence-electron chi connectivity index (χ0n) is 17.1. The fraction of sp³-hybridized carbons (Fsp3) is 0.700. The van der Waals surface area contributed by atoms with Gasteiger partial charge in [-0.3, -0.25) is 8.87 Å². The molecule has 1 aliphatic heterocycles. The molecule has 0 radical (unpaired) electrons. The van der Waals surface area contributed by atoms with Gasteiger partial charge in [0.1, 0.15) is 12.4 Å². The molecule has 2 aliphatic carbocycles. The van der Waals surface area contributed by atoms with Gasteiger partial charge in [-0.1, -0.05) is 17.0 Å². The van der Waals surface area contributed by atoms with E-state index in [0.29, 0.717) is 18.0 Å². The Morgan fingerprint density at radius 1 is 1.17 bits per heavy atom. The molecule has 0 bridgehead atoms. The Balaban J connectivity index is 1.11. The highest BCUT2D eigenvalue weighted by molar-refractivity contribution is 7.96. The van der Waals surface area contributed by atoms with Crippen molar-refractivity contribution >= 4 is 17.9 Å². The predicted octanol–water partition coefficient (Wildman–Crippen LogP) is 3.06. The van der Waals surface area contributed by atoms with Crippen LogP contribution < -0.4 is 10.1 Å². The van der Waals surface area contributed by atoms with E-state index in [4.69, 9.17) is 4.74 Å². The van der Waals surface area contributed by atoms with Crippen molar-refractivity contribution in [2.24, 2.45) is 0 Å². The van der Waals surface area contributed by atoms with E-state index in [1.54, 1.807) is 6.33 Å². The lowest BCUT2D eigenvalue weighted by Gasteiger charge is -2.35. The summed E-state index contributed by atoms with van der Waals surface area (Å²) in [5.41, 5.74) is 1.35. The molecule has 1 N–H and O–H groups in total. The fourth-order valence-corrected chi connectivity index (χ4v) is 4.74. The summed E-state index contributed by atoms with van der Waals surface area (Å²) in [6.07, 6.45) is 14.7. The molecule has 156 valence electrons. The highest BCUT2D eigenvalue weighted by atomic mass is 32.2. The van der Waals surface area contributed by atoms with Gasteiger partial charge in [-0.05, 0) is 63.2 Å². The standard InChI is InChI=1S/C20H29N7OS/c1-20(5-6-20)27-13-23-25-19(27)28-17-9-14(10-17)15-11-21-18(22-12-15)24-16-3-7-26(29-2)8-4-16/h11-14,16-17H,3-10H2,1-2H3,(H,21,22,24). The lowest BCUT2D eigenvalue weighted by Crippen LogP contribution is -2.36. The SMILES string of the molecule is CSN1CCC(Nc2ncc(C3CC(Oc4nncn4C4(C)CC4)C3)cn2)CC1. The summed E-state index contributed by atoms with van der Waals surface area (Å²) in [6.45, 7) is 4.46. The Morgan fingerprint density at radius 2 is 1.90 bits per heavy atom. The number of hydrogen-bond acceptors (Lipinski definition) is 8. The summed E-state index contributed by atoms with van der Waals surface area (Å²) in [4.78, 5) is 9.12. The Hall–Kier alpha value is -1.87. The van der Waals surface area contributed by atoms with E-state index in [2.05, 4.69) is 47.5 Å². The highest BCUT2D eigenvalue weighted by Gasteiger charge is 2.42. The number of piperidine rings is 1. The minimum atomic E-state index is 0.157. The van der Waals surface area contributed by atoms with Crippen molar-refractivity contribution < 1.29 is 4.74 Å². The number of anilines is 1. The maximum atomic E-state index is 6.11. The van der Waals surface area contributed by atoms with Gasteiger partial charge in [-0.2, -0.15) is 0 Å². The van der Waals surface area contributed by atoms with E-state index in [0.717, 1.165) is 44.7 Å². The molecule has 5 rings (SSSR count). The Kier molecular flexibility index (Phi) is 5.11. The third-order valence-electron chi connectivity index (χ3n) is 6.63. The van der Waals surface area contributed by atoms with Crippen LogP contribution in [-0.2, 0) is 5.54 Å². The summed E-state index contributed by atoms with van der Waals surface area (Å²) in [5, 5.41) is 11.7. The molecule has 0 amide bonds. The van der Waals surface area contributed by atoms with Gasteiger partial charge >= 0.3 is 6.01 Å². The number of ether oxygens (including phenoxy) is 1. The van der Waals surface area contributed by atoms with Gasteiger partial charge < -0.3 is 10.1 Å². The van der Waals surface area contributed by atoms with Crippen molar-refractivity contribution in [3.8, 4) is 6.01 Å². The molecule has 8 nitrogen and oxygen atoms in total. The normalized spacial score (nSPS) is 26.7. The molecular weight excluding hydrogens is 386 g/mol. The van der Waals surface area contributed by atoms with Crippen molar-refractivity contribution in [3.63, 3.8) is 0 Å². The lowest BCUT2D eigenvalue weighted by atomic mass is 9.78. The van der Waals surface area contributed by atoms with Crippen LogP contribution in [0.5, 0.6) is 6.01 Å². The third kappa shape index (κ3) is 4.07.